The van der Waals surface area contributed by atoms with Gasteiger partial charge >= 0.3 is 5.63 Å². The van der Waals surface area contributed by atoms with Crippen LogP contribution in [0.15, 0.2) is 63.8 Å². The Bertz CT molecular complexity index is 772. The average molecular weight is 238 g/mol. The number of benzene rings is 2. The summed E-state index contributed by atoms with van der Waals surface area (Å²) < 4.78 is 5.24. The third kappa shape index (κ3) is 1.66. The van der Waals surface area contributed by atoms with Crippen LogP contribution >= 0.6 is 0 Å². The summed E-state index contributed by atoms with van der Waals surface area (Å²) in [5.74, 6) is 0.465. The number of rotatable bonds is 1. The number of aromatic hydroxyl groups is 1. The quantitative estimate of drug-likeness (QED) is 0.708. The first-order valence-electron chi connectivity index (χ1n) is 5.57. The molecule has 3 rings (SSSR count). The summed E-state index contributed by atoms with van der Waals surface area (Å²) in [5, 5.41) is 11.1. The highest BCUT2D eigenvalue weighted by molar-refractivity contribution is 5.84. The average Bonchev–Trinajstić information content (AvgIpc) is 2.39. The molecule has 0 unspecified atom stereocenters. The number of phenols is 1. The number of phenolic OH excluding ortho intramolecular Hbond substituents is 1. The van der Waals surface area contributed by atoms with Gasteiger partial charge in [0.05, 0.1) is 10.9 Å². The van der Waals surface area contributed by atoms with E-state index in [1.165, 1.54) is 0 Å². The molecule has 0 spiro atoms. The van der Waals surface area contributed by atoms with Crippen molar-refractivity contribution in [3.8, 4) is 17.1 Å². The molecule has 3 nitrogen and oxygen atoms in total. The second kappa shape index (κ2) is 4.04. The first-order chi connectivity index (χ1) is 8.75. The lowest BCUT2D eigenvalue weighted by Crippen LogP contribution is -1.99. The maximum absolute atomic E-state index is 11.8. The zero-order valence-corrected chi connectivity index (χ0v) is 9.46. The van der Waals surface area contributed by atoms with Crippen molar-refractivity contribution in [2.45, 2.75) is 0 Å². The Morgan fingerprint density at radius 2 is 1.67 bits per heavy atom. The highest BCUT2D eigenvalue weighted by Crippen LogP contribution is 2.29. The topological polar surface area (TPSA) is 50.4 Å². The molecule has 0 saturated carbocycles. The first kappa shape index (κ1) is 10.6. The fourth-order valence-electron chi connectivity index (χ4n) is 1.95. The van der Waals surface area contributed by atoms with E-state index in [2.05, 4.69) is 0 Å². The summed E-state index contributed by atoms with van der Waals surface area (Å²) in [7, 11) is 0. The van der Waals surface area contributed by atoms with Crippen LogP contribution in [-0.4, -0.2) is 5.11 Å². The Hall–Kier alpha value is -2.55. The van der Waals surface area contributed by atoms with Crippen LogP contribution in [0.5, 0.6) is 5.75 Å². The second-order valence-electron chi connectivity index (χ2n) is 4.00. The Morgan fingerprint density at radius 3 is 2.50 bits per heavy atom. The van der Waals surface area contributed by atoms with Crippen LogP contribution in [0.25, 0.3) is 22.1 Å². The van der Waals surface area contributed by atoms with Crippen molar-refractivity contribution in [2.24, 2.45) is 0 Å². The predicted molar refractivity (Wildman–Crippen MR) is 69.6 cm³/mol. The zero-order valence-electron chi connectivity index (χ0n) is 9.46. The molecule has 0 saturated heterocycles. The fraction of sp³-hybridized carbons (Fsp3) is 0. The fourth-order valence-corrected chi connectivity index (χ4v) is 1.95. The highest BCUT2D eigenvalue weighted by atomic mass is 16.4. The molecule has 88 valence electrons. The molecule has 0 aliphatic rings. The van der Waals surface area contributed by atoms with Crippen LogP contribution in [0.3, 0.4) is 0 Å². The summed E-state index contributed by atoms with van der Waals surface area (Å²) in [6, 6.07) is 15.7. The lowest BCUT2D eigenvalue weighted by atomic mass is 10.1. The van der Waals surface area contributed by atoms with E-state index in [-0.39, 0.29) is 5.75 Å². The van der Waals surface area contributed by atoms with Gasteiger partial charge in [-0.1, -0.05) is 30.3 Å². The molecule has 0 bridgehead atoms. The summed E-state index contributed by atoms with van der Waals surface area (Å²) in [6.07, 6.45) is 0. The number of para-hydroxylation sites is 1. The minimum absolute atomic E-state index is 0.0935. The molecule has 0 aliphatic heterocycles. The van der Waals surface area contributed by atoms with E-state index in [4.69, 9.17) is 4.42 Å². The van der Waals surface area contributed by atoms with E-state index in [9.17, 15) is 9.90 Å². The van der Waals surface area contributed by atoms with Crippen molar-refractivity contribution >= 4 is 10.8 Å². The van der Waals surface area contributed by atoms with Crippen LogP contribution in [0.2, 0.25) is 0 Å². The maximum atomic E-state index is 11.8. The standard InChI is InChI=1S/C15H10O3/c16-13-8-4-3-7-12(13)14-9-10-5-1-2-6-11(10)15(17)18-14/h1-9,16H. The largest absolute Gasteiger partial charge is 0.507 e. The van der Waals surface area contributed by atoms with Gasteiger partial charge in [0.1, 0.15) is 11.5 Å². The number of hydrogen-bond acceptors (Lipinski definition) is 3. The molecule has 2 aromatic carbocycles. The van der Waals surface area contributed by atoms with Gasteiger partial charge in [-0.15, -0.1) is 0 Å². The van der Waals surface area contributed by atoms with E-state index in [0.717, 1.165) is 5.39 Å². The van der Waals surface area contributed by atoms with Gasteiger partial charge < -0.3 is 9.52 Å². The van der Waals surface area contributed by atoms with Crippen LogP contribution in [0, 0.1) is 0 Å². The van der Waals surface area contributed by atoms with Gasteiger partial charge in [-0.25, -0.2) is 4.79 Å². The van der Waals surface area contributed by atoms with Gasteiger partial charge in [-0.05, 0) is 29.7 Å². The van der Waals surface area contributed by atoms with Gasteiger partial charge in [0.2, 0.25) is 0 Å². The Kier molecular flexibility index (Phi) is 2.38. The molecule has 18 heavy (non-hydrogen) atoms. The van der Waals surface area contributed by atoms with Crippen LogP contribution in [0.1, 0.15) is 0 Å². The Balaban J connectivity index is 2.32. The molecular formula is C15H10O3. The van der Waals surface area contributed by atoms with Crippen molar-refractivity contribution in [3.05, 3.63) is 65.0 Å². The van der Waals surface area contributed by atoms with Gasteiger partial charge in [0.15, 0.2) is 0 Å². The van der Waals surface area contributed by atoms with Crippen LogP contribution < -0.4 is 5.63 Å². The molecule has 3 heteroatoms. The van der Waals surface area contributed by atoms with Crippen LogP contribution in [0.4, 0.5) is 0 Å². The van der Waals surface area contributed by atoms with Crippen molar-refractivity contribution in [1.29, 1.82) is 0 Å². The smallest absolute Gasteiger partial charge is 0.344 e. The van der Waals surface area contributed by atoms with Gasteiger partial charge in [-0.3, -0.25) is 0 Å². The van der Waals surface area contributed by atoms with Gasteiger partial charge in [0.25, 0.3) is 0 Å². The zero-order chi connectivity index (χ0) is 12.5. The number of fused-ring (bicyclic) bond motifs is 1. The van der Waals surface area contributed by atoms with E-state index in [1.54, 1.807) is 42.5 Å². The van der Waals surface area contributed by atoms with Gasteiger partial charge in [0, 0.05) is 0 Å². The lowest BCUT2D eigenvalue weighted by molar-refractivity contribution is 0.471. The molecule has 1 aromatic heterocycles. The SMILES string of the molecule is O=c1oc(-c2ccccc2O)cc2ccccc12. The summed E-state index contributed by atoms with van der Waals surface area (Å²) in [6.45, 7) is 0. The first-order valence-corrected chi connectivity index (χ1v) is 5.57. The Morgan fingerprint density at radius 1 is 0.944 bits per heavy atom. The third-order valence-electron chi connectivity index (χ3n) is 2.84. The summed E-state index contributed by atoms with van der Waals surface area (Å²) in [5.41, 5.74) is 0.117. The van der Waals surface area contributed by atoms with Crippen molar-refractivity contribution in [3.63, 3.8) is 0 Å². The monoisotopic (exact) mass is 238 g/mol. The third-order valence-corrected chi connectivity index (χ3v) is 2.84. The molecule has 0 aliphatic carbocycles. The molecule has 0 radical (unpaired) electrons. The van der Waals surface area contributed by atoms with Crippen molar-refractivity contribution < 1.29 is 9.52 Å². The summed E-state index contributed by atoms with van der Waals surface area (Å²) >= 11 is 0. The summed E-state index contributed by atoms with van der Waals surface area (Å²) in [4.78, 5) is 11.8. The molecule has 0 atom stereocenters. The van der Waals surface area contributed by atoms with E-state index < -0.39 is 5.63 Å². The Labute approximate surface area is 103 Å². The predicted octanol–water partition coefficient (Wildman–Crippen LogP) is 3.17. The molecule has 0 fully saturated rings. The maximum Gasteiger partial charge on any atom is 0.344 e. The minimum atomic E-state index is -0.397. The molecular weight excluding hydrogens is 228 g/mol. The molecule has 1 N–H and O–H groups in total. The van der Waals surface area contributed by atoms with Gasteiger partial charge in [-0.2, -0.15) is 0 Å². The van der Waals surface area contributed by atoms with Crippen LogP contribution in [-0.2, 0) is 0 Å². The molecule has 0 amide bonds. The second-order valence-corrected chi connectivity index (χ2v) is 4.00. The van der Waals surface area contributed by atoms with E-state index in [0.29, 0.717) is 16.7 Å². The molecule has 3 aromatic rings. The highest BCUT2D eigenvalue weighted by Gasteiger charge is 2.09. The van der Waals surface area contributed by atoms with Crippen molar-refractivity contribution in [2.75, 3.05) is 0 Å². The number of hydrogen-bond donors (Lipinski definition) is 1. The van der Waals surface area contributed by atoms with Crippen molar-refractivity contribution in [1.82, 2.24) is 0 Å². The van der Waals surface area contributed by atoms with E-state index >= 15 is 0 Å². The lowest BCUT2D eigenvalue weighted by Gasteiger charge is -2.04. The van der Waals surface area contributed by atoms with E-state index in [1.807, 2.05) is 12.1 Å². The normalized spacial score (nSPS) is 10.7. The minimum Gasteiger partial charge on any atom is -0.507 e. The molecule has 1 heterocycles.